The highest BCUT2D eigenvalue weighted by molar-refractivity contribution is 9.10. The van der Waals surface area contributed by atoms with Crippen LogP contribution in [0.15, 0.2) is 95.5 Å². The van der Waals surface area contributed by atoms with Gasteiger partial charge in [0, 0.05) is 23.6 Å². The van der Waals surface area contributed by atoms with Gasteiger partial charge in [-0.1, -0.05) is 52.3 Å². The molecule has 0 spiro atoms. The molecule has 10 heteroatoms. The smallest absolute Gasteiger partial charge is 0.339 e. The maximum Gasteiger partial charge on any atom is 0.339 e. The zero-order valence-electron chi connectivity index (χ0n) is 23.7. The number of piperidine rings is 1. The largest absolute Gasteiger partial charge is 0.496 e. The second kappa shape index (κ2) is 14.8. The van der Waals surface area contributed by atoms with Crippen molar-refractivity contribution in [3.8, 4) is 17.2 Å². The number of benzene rings is 4. The van der Waals surface area contributed by atoms with Gasteiger partial charge in [-0.15, -0.1) is 12.4 Å². The summed E-state index contributed by atoms with van der Waals surface area (Å²) in [6, 6.07) is 27.9. The highest BCUT2D eigenvalue weighted by Gasteiger charge is 2.25. The number of nitrogens with one attached hydrogen (secondary N) is 1. The van der Waals surface area contributed by atoms with E-state index < -0.39 is 5.97 Å². The fourth-order valence-corrected chi connectivity index (χ4v) is 5.49. The van der Waals surface area contributed by atoms with Gasteiger partial charge in [0.05, 0.1) is 30.6 Å². The van der Waals surface area contributed by atoms with Crippen molar-refractivity contribution in [3.05, 3.63) is 107 Å². The zero-order chi connectivity index (χ0) is 29.5. The highest BCUT2D eigenvalue weighted by atomic mass is 79.9. The number of hydrogen-bond donors (Lipinski definition) is 2. The average molecular weight is 667 g/mol. The molecule has 8 nitrogen and oxygen atoms in total. The summed E-state index contributed by atoms with van der Waals surface area (Å²) in [5.74, 6) is 0.176. The normalized spacial score (nSPS) is 12.6. The van der Waals surface area contributed by atoms with Gasteiger partial charge in [-0.2, -0.15) is 0 Å². The van der Waals surface area contributed by atoms with Gasteiger partial charge in [-0.05, 0) is 73.4 Å². The van der Waals surface area contributed by atoms with Crippen LogP contribution in [0.5, 0.6) is 17.2 Å². The summed E-state index contributed by atoms with van der Waals surface area (Å²) in [5.41, 5.74) is 6.31. The Hall–Kier alpha value is -4.21. The summed E-state index contributed by atoms with van der Waals surface area (Å²) in [6.45, 7) is 1.83. The first-order valence-electron chi connectivity index (χ1n) is 13.8. The number of methoxy groups -OCH3 is 1. The molecule has 5 rings (SSSR count). The minimum Gasteiger partial charge on any atom is -0.496 e. The second-order valence-electron chi connectivity index (χ2n) is 9.95. The molecule has 2 N–H and O–H groups in total. The zero-order valence-corrected chi connectivity index (χ0v) is 26.1. The van der Waals surface area contributed by atoms with E-state index in [4.69, 9.17) is 9.47 Å². The van der Waals surface area contributed by atoms with Crippen LogP contribution in [-0.2, 0) is 11.2 Å². The van der Waals surface area contributed by atoms with E-state index in [2.05, 4.69) is 26.3 Å². The fourth-order valence-electron chi connectivity index (χ4n) is 5.00. The standard InChI is InChI=1S/C33H32BrN3O5.ClH/c1-41-31-19-23(28(34)22-27(31)33(39)40)20-32(38)37(30-16-7-6-15-29(30)36-17-8-3-9-18-36)35-24-11-10-14-26(21-24)42-25-12-4-2-5-13-25;/h2,4-7,10-16,19,21-22,35H,3,8-9,17-18,20H2,1H3,(H,39,40);1H. The molecule has 1 saturated heterocycles. The van der Waals surface area contributed by atoms with Crippen LogP contribution in [0, 0.1) is 0 Å². The van der Waals surface area contributed by atoms with Crippen LogP contribution in [0.3, 0.4) is 0 Å². The molecule has 0 aliphatic carbocycles. The summed E-state index contributed by atoms with van der Waals surface area (Å²) < 4.78 is 11.9. The molecule has 0 radical (unpaired) electrons. The van der Waals surface area contributed by atoms with E-state index >= 15 is 0 Å². The third kappa shape index (κ3) is 7.80. The van der Waals surface area contributed by atoms with Gasteiger partial charge < -0.3 is 19.5 Å². The minimum atomic E-state index is -1.11. The van der Waals surface area contributed by atoms with Crippen molar-refractivity contribution >= 4 is 57.3 Å². The van der Waals surface area contributed by atoms with Gasteiger partial charge >= 0.3 is 5.97 Å². The quantitative estimate of drug-likeness (QED) is 0.166. The molecule has 0 bridgehead atoms. The Balaban J connectivity index is 0.00000423. The Morgan fingerprint density at radius 2 is 1.60 bits per heavy atom. The molecular weight excluding hydrogens is 634 g/mol. The van der Waals surface area contributed by atoms with E-state index in [1.54, 1.807) is 11.1 Å². The lowest BCUT2D eigenvalue weighted by atomic mass is 10.1. The van der Waals surface area contributed by atoms with Crippen LogP contribution >= 0.6 is 28.3 Å². The molecule has 4 aromatic carbocycles. The number of nitrogens with zero attached hydrogens (tertiary/aromatic N) is 2. The van der Waals surface area contributed by atoms with E-state index in [1.807, 2.05) is 78.9 Å². The molecule has 1 fully saturated rings. The topological polar surface area (TPSA) is 91.3 Å². The second-order valence-corrected chi connectivity index (χ2v) is 10.8. The lowest BCUT2D eigenvalue weighted by Crippen LogP contribution is -2.39. The number of halogens is 2. The Kier molecular flexibility index (Phi) is 10.9. The van der Waals surface area contributed by atoms with Crippen LogP contribution in [0.2, 0.25) is 0 Å². The van der Waals surface area contributed by atoms with Crippen molar-refractivity contribution in [1.82, 2.24) is 0 Å². The van der Waals surface area contributed by atoms with Gasteiger partial charge in [-0.3, -0.25) is 10.2 Å². The Labute approximate surface area is 265 Å². The molecule has 224 valence electrons. The van der Waals surface area contributed by atoms with Crippen LogP contribution in [-0.4, -0.2) is 37.2 Å². The number of carbonyl (C=O) groups excluding carboxylic acids is 1. The first-order valence-corrected chi connectivity index (χ1v) is 14.6. The van der Waals surface area contributed by atoms with Gasteiger partial charge in [-0.25, -0.2) is 9.80 Å². The molecule has 0 unspecified atom stereocenters. The van der Waals surface area contributed by atoms with E-state index in [0.717, 1.165) is 37.3 Å². The number of amides is 1. The van der Waals surface area contributed by atoms with E-state index in [0.29, 0.717) is 27.2 Å². The summed E-state index contributed by atoms with van der Waals surface area (Å²) in [7, 11) is 1.41. The Morgan fingerprint density at radius 3 is 2.33 bits per heavy atom. The number of para-hydroxylation sites is 3. The summed E-state index contributed by atoms with van der Waals surface area (Å²) >= 11 is 3.46. The van der Waals surface area contributed by atoms with Crippen molar-refractivity contribution < 1.29 is 24.2 Å². The summed E-state index contributed by atoms with van der Waals surface area (Å²) in [4.78, 5) is 28.1. The molecule has 1 aliphatic rings. The van der Waals surface area contributed by atoms with E-state index in [9.17, 15) is 14.7 Å². The molecule has 43 heavy (non-hydrogen) atoms. The van der Waals surface area contributed by atoms with Gasteiger partial charge in [0.25, 0.3) is 0 Å². The molecule has 4 aromatic rings. The van der Waals surface area contributed by atoms with Crippen LogP contribution in [0.25, 0.3) is 0 Å². The van der Waals surface area contributed by atoms with Gasteiger partial charge in [0.2, 0.25) is 5.91 Å². The first kappa shape index (κ1) is 31.7. The fraction of sp³-hybridized carbons (Fsp3) is 0.212. The van der Waals surface area contributed by atoms with E-state index in [1.165, 1.54) is 19.6 Å². The van der Waals surface area contributed by atoms with Crippen LogP contribution < -0.4 is 24.8 Å². The molecule has 0 aromatic heterocycles. The van der Waals surface area contributed by atoms with Crippen molar-refractivity contribution in [2.75, 3.05) is 35.5 Å². The average Bonchev–Trinajstić information content (AvgIpc) is 3.01. The van der Waals surface area contributed by atoms with E-state index in [-0.39, 0.29) is 36.0 Å². The Bertz CT molecular complexity index is 1560. The van der Waals surface area contributed by atoms with Crippen molar-refractivity contribution in [2.45, 2.75) is 25.7 Å². The van der Waals surface area contributed by atoms with Crippen molar-refractivity contribution in [2.24, 2.45) is 0 Å². The number of hydrazine groups is 1. The molecule has 1 heterocycles. The van der Waals surface area contributed by atoms with Crippen molar-refractivity contribution in [1.29, 1.82) is 0 Å². The summed E-state index contributed by atoms with van der Waals surface area (Å²) in [6.07, 6.45) is 3.36. The monoisotopic (exact) mass is 665 g/mol. The van der Waals surface area contributed by atoms with Gasteiger partial charge in [0.15, 0.2) is 0 Å². The van der Waals surface area contributed by atoms with Crippen LogP contribution in [0.4, 0.5) is 17.1 Å². The maximum absolute atomic E-state index is 14.1. The number of ether oxygens (including phenoxy) is 2. The molecular formula is C33H33BrClN3O5. The molecule has 1 aliphatic heterocycles. The van der Waals surface area contributed by atoms with Crippen LogP contribution in [0.1, 0.15) is 35.2 Å². The lowest BCUT2D eigenvalue weighted by molar-refractivity contribution is -0.117. The third-order valence-corrected chi connectivity index (χ3v) is 7.80. The number of rotatable bonds is 10. The maximum atomic E-state index is 14.1. The molecule has 0 atom stereocenters. The lowest BCUT2D eigenvalue weighted by Gasteiger charge is -2.34. The molecule has 0 saturated carbocycles. The number of aromatic carboxylic acids is 1. The first-order chi connectivity index (χ1) is 20.4. The summed E-state index contributed by atoms with van der Waals surface area (Å²) in [5, 5.41) is 11.1. The molecule has 1 amide bonds. The Morgan fingerprint density at radius 1 is 0.907 bits per heavy atom. The minimum absolute atomic E-state index is 0. The third-order valence-electron chi connectivity index (χ3n) is 7.06. The highest BCUT2D eigenvalue weighted by Crippen LogP contribution is 2.34. The number of carboxylic acids is 1. The SMILES string of the molecule is COc1cc(CC(=O)N(Nc2cccc(Oc3ccccc3)c2)c2ccccc2N2CCCCC2)c(Br)cc1C(=O)O.Cl. The predicted molar refractivity (Wildman–Crippen MR) is 175 cm³/mol. The predicted octanol–water partition coefficient (Wildman–Crippen LogP) is 7.96. The number of anilines is 3. The number of hydrogen-bond acceptors (Lipinski definition) is 6. The van der Waals surface area contributed by atoms with Gasteiger partial charge in [0.1, 0.15) is 22.8 Å². The number of carboxylic acid groups (broad SMARTS) is 1. The number of carbonyl (C=O) groups is 2. The van der Waals surface area contributed by atoms with Crippen molar-refractivity contribution in [3.63, 3.8) is 0 Å².